The zero-order valence-electron chi connectivity index (χ0n) is 19.4. The van der Waals surface area contributed by atoms with Crippen molar-refractivity contribution in [3.05, 3.63) is 56.7 Å². The van der Waals surface area contributed by atoms with Crippen LogP contribution in [0.15, 0.2) is 39.9 Å². The molecule has 34 heavy (non-hydrogen) atoms. The number of piperidine rings is 1. The molecule has 1 aromatic carbocycles. The lowest BCUT2D eigenvalue weighted by Crippen LogP contribution is -2.44. The number of rotatable bonds is 6. The van der Waals surface area contributed by atoms with Crippen molar-refractivity contribution in [2.24, 2.45) is 18.5 Å². The number of anilines is 1. The van der Waals surface area contributed by atoms with Crippen LogP contribution in [-0.4, -0.2) is 43.6 Å². The molecule has 0 spiro atoms. The zero-order valence-corrected chi connectivity index (χ0v) is 19.4. The van der Waals surface area contributed by atoms with E-state index in [1.165, 1.54) is 11.6 Å². The van der Waals surface area contributed by atoms with Crippen molar-refractivity contribution in [2.45, 2.75) is 44.9 Å². The molecule has 178 valence electrons. The van der Waals surface area contributed by atoms with E-state index in [2.05, 4.69) is 16.8 Å². The molecule has 0 saturated carbocycles. The van der Waals surface area contributed by atoms with E-state index in [1.54, 1.807) is 35.8 Å². The Kier molecular flexibility index (Phi) is 6.68. The predicted octanol–water partition coefficient (Wildman–Crippen LogP) is 0.117. The second kappa shape index (κ2) is 9.67. The largest absolute Gasteiger partial charge is 0.341 e. The molecule has 1 aliphatic rings. The Hall–Kier alpha value is -3.68. The highest BCUT2D eigenvalue weighted by Gasteiger charge is 2.27. The number of aromatic nitrogens is 4. The van der Waals surface area contributed by atoms with Crippen LogP contribution < -0.4 is 27.6 Å². The van der Waals surface area contributed by atoms with Crippen LogP contribution in [0.4, 0.5) is 5.95 Å². The summed E-state index contributed by atoms with van der Waals surface area (Å²) in [5.74, 6) is 5.94. The molecule has 0 bridgehead atoms. The molecule has 1 aliphatic heterocycles. The highest BCUT2D eigenvalue weighted by atomic mass is 16.2. The maximum Gasteiger partial charge on any atom is 0.332 e. The van der Waals surface area contributed by atoms with Gasteiger partial charge in [-0.3, -0.25) is 23.3 Å². The summed E-state index contributed by atoms with van der Waals surface area (Å²) >= 11 is 0. The number of hydrogen-bond donors (Lipinski definition) is 2. The van der Waals surface area contributed by atoms with Gasteiger partial charge < -0.3 is 16.4 Å². The summed E-state index contributed by atoms with van der Waals surface area (Å²) in [6.45, 7) is 2.83. The summed E-state index contributed by atoms with van der Waals surface area (Å²) in [7, 11) is 1.54. The molecule has 4 rings (SSSR count). The van der Waals surface area contributed by atoms with E-state index in [0.717, 1.165) is 24.0 Å². The van der Waals surface area contributed by atoms with E-state index in [4.69, 9.17) is 11.5 Å². The average molecular weight is 464 g/mol. The smallest absolute Gasteiger partial charge is 0.332 e. The first kappa shape index (κ1) is 23.5. The van der Waals surface area contributed by atoms with Crippen molar-refractivity contribution in [3.8, 4) is 11.8 Å². The van der Waals surface area contributed by atoms with Gasteiger partial charge in [-0.2, -0.15) is 4.98 Å². The van der Waals surface area contributed by atoms with Gasteiger partial charge in [-0.1, -0.05) is 36.3 Å². The summed E-state index contributed by atoms with van der Waals surface area (Å²) in [4.78, 5) is 46.2. The first-order chi connectivity index (χ1) is 16.3. The van der Waals surface area contributed by atoms with E-state index < -0.39 is 29.6 Å². The Balaban J connectivity index is 1.83. The minimum absolute atomic E-state index is 0.00292. The standard InChI is InChI=1S/C24H29N7O3/c1-3-4-13-30-20-21(27-23(30)29-12-8-11-17(25)14-29)28(2)24(34)31(22(20)33)15-18(32)19(26)16-9-6-5-7-10-16/h5-7,9-10,17,19H,8,11-15,25-26H2,1-2H3. The quantitative estimate of drug-likeness (QED) is 0.496. The van der Waals surface area contributed by atoms with Gasteiger partial charge in [0, 0.05) is 26.2 Å². The maximum absolute atomic E-state index is 13.5. The molecule has 3 aromatic rings. The van der Waals surface area contributed by atoms with Gasteiger partial charge in [0.1, 0.15) is 0 Å². The molecule has 10 nitrogen and oxygen atoms in total. The number of hydrogen-bond acceptors (Lipinski definition) is 7. The maximum atomic E-state index is 13.5. The number of ketones is 1. The van der Waals surface area contributed by atoms with Crippen LogP contribution in [-0.2, 0) is 24.9 Å². The first-order valence-electron chi connectivity index (χ1n) is 11.3. The molecule has 10 heteroatoms. The van der Waals surface area contributed by atoms with Crippen LogP contribution in [0.25, 0.3) is 11.2 Å². The number of aryl methyl sites for hydroxylation is 1. The lowest BCUT2D eigenvalue weighted by atomic mass is 10.0. The second-order valence-electron chi connectivity index (χ2n) is 8.53. The Morgan fingerprint density at radius 3 is 2.65 bits per heavy atom. The Labute approximate surface area is 196 Å². The third-order valence-corrected chi connectivity index (χ3v) is 6.19. The molecular formula is C24H29N7O3. The van der Waals surface area contributed by atoms with Crippen molar-refractivity contribution in [1.29, 1.82) is 0 Å². The number of Topliss-reactive ketones (excluding diaryl/α,β-unsaturated/α-hetero) is 1. The fraction of sp³-hybridized carbons (Fsp3) is 0.417. The van der Waals surface area contributed by atoms with Crippen LogP contribution in [0, 0.1) is 11.8 Å². The highest BCUT2D eigenvalue weighted by molar-refractivity contribution is 5.85. The number of carbonyl (C=O) groups excluding carboxylic acids is 1. The molecule has 1 fully saturated rings. The normalized spacial score (nSPS) is 16.8. The monoisotopic (exact) mass is 463 g/mol. The third-order valence-electron chi connectivity index (χ3n) is 6.19. The molecule has 2 unspecified atom stereocenters. The minimum Gasteiger partial charge on any atom is -0.341 e. The van der Waals surface area contributed by atoms with Crippen LogP contribution in [0.1, 0.15) is 31.4 Å². The van der Waals surface area contributed by atoms with Gasteiger partial charge in [0.05, 0.1) is 19.1 Å². The van der Waals surface area contributed by atoms with Gasteiger partial charge in [-0.25, -0.2) is 4.79 Å². The molecule has 1 saturated heterocycles. The number of benzene rings is 1. The Morgan fingerprint density at radius 2 is 1.97 bits per heavy atom. The van der Waals surface area contributed by atoms with E-state index >= 15 is 0 Å². The lowest BCUT2D eigenvalue weighted by molar-refractivity contribution is -0.121. The van der Waals surface area contributed by atoms with Gasteiger partial charge in [0.25, 0.3) is 5.56 Å². The number of carbonyl (C=O) groups is 1. The molecular weight excluding hydrogens is 434 g/mol. The number of nitrogens with two attached hydrogens (primary N) is 2. The van der Waals surface area contributed by atoms with Gasteiger partial charge in [-0.05, 0) is 25.3 Å². The minimum atomic E-state index is -0.949. The second-order valence-corrected chi connectivity index (χ2v) is 8.53. The molecule has 2 aromatic heterocycles. The van der Waals surface area contributed by atoms with Crippen molar-refractivity contribution in [2.75, 3.05) is 18.0 Å². The average Bonchev–Trinajstić information content (AvgIpc) is 3.23. The van der Waals surface area contributed by atoms with Crippen LogP contribution in [0.2, 0.25) is 0 Å². The Morgan fingerprint density at radius 1 is 1.24 bits per heavy atom. The Bertz CT molecular complexity index is 1390. The summed E-state index contributed by atoms with van der Waals surface area (Å²) in [6.07, 6.45) is 1.82. The van der Waals surface area contributed by atoms with Gasteiger partial charge in [-0.15, -0.1) is 5.92 Å². The van der Waals surface area contributed by atoms with Crippen molar-refractivity contribution in [1.82, 2.24) is 18.7 Å². The summed E-state index contributed by atoms with van der Waals surface area (Å²) in [5.41, 5.74) is 12.2. The van der Waals surface area contributed by atoms with Crippen LogP contribution in [0.5, 0.6) is 0 Å². The van der Waals surface area contributed by atoms with Gasteiger partial charge >= 0.3 is 5.69 Å². The predicted molar refractivity (Wildman–Crippen MR) is 130 cm³/mol. The number of imidazole rings is 1. The van der Waals surface area contributed by atoms with Gasteiger partial charge in [0.15, 0.2) is 16.9 Å². The van der Waals surface area contributed by atoms with Crippen LogP contribution >= 0.6 is 0 Å². The molecule has 3 heterocycles. The molecule has 0 aliphatic carbocycles. The van der Waals surface area contributed by atoms with Crippen molar-refractivity contribution >= 4 is 22.9 Å². The summed E-state index contributed by atoms with van der Waals surface area (Å²) in [5, 5.41) is 0. The molecule has 2 atom stereocenters. The fourth-order valence-electron chi connectivity index (χ4n) is 4.34. The molecule has 0 amide bonds. The zero-order chi connectivity index (χ0) is 24.4. The highest BCUT2D eigenvalue weighted by Crippen LogP contribution is 2.23. The molecule has 4 N–H and O–H groups in total. The molecule has 0 radical (unpaired) electrons. The van der Waals surface area contributed by atoms with Gasteiger partial charge in [0.2, 0.25) is 5.95 Å². The first-order valence-corrected chi connectivity index (χ1v) is 11.3. The summed E-state index contributed by atoms with van der Waals surface area (Å²) in [6, 6.07) is 7.90. The number of fused-ring (bicyclic) bond motifs is 1. The summed E-state index contributed by atoms with van der Waals surface area (Å²) < 4.78 is 3.93. The lowest BCUT2D eigenvalue weighted by Gasteiger charge is -2.31. The van der Waals surface area contributed by atoms with Crippen molar-refractivity contribution in [3.63, 3.8) is 0 Å². The van der Waals surface area contributed by atoms with E-state index in [9.17, 15) is 14.4 Å². The van der Waals surface area contributed by atoms with Crippen molar-refractivity contribution < 1.29 is 4.79 Å². The van der Waals surface area contributed by atoms with E-state index in [0.29, 0.717) is 18.1 Å². The fourth-order valence-corrected chi connectivity index (χ4v) is 4.34. The number of nitrogens with zero attached hydrogens (tertiary/aromatic N) is 5. The third kappa shape index (κ3) is 4.27. The SMILES string of the molecule is CC#CCn1c(N2CCCC(N)C2)nc2c1c(=O)n(CC(=O)C(N)c1ccccc1)c(=O)n2C. The van der Waals surface area contributed by atoms with E-state index in [1.807, 2.05) is 11.0 Å². The van der Waals surface area contributed by atoms with Crippen LogP contribution in [0.3, 0.4) is 0 Å². The topological polar surface area (TPSA) is 134 Å². The van der Waals surface area contributed by atoms with E-state index in [-0.39, 0.29) is 23.8 Å².